The molecule has 1 atom stereocenters. The number of nitriles is 1. The third-order valence-corrected chi connectivity index (χ3v) is 2.25. The maximum Gasteiger partial charge on any atom is 0.260 e. The van der Waals surface area contributed by atoms with Crippen LogP contribution in [0.2, 0.25) is 0 Å². The van der Waals surface area contributed by atoms with Crippen molar-refractivity contribution < 1.29 is 14.3 Å². The average molecular weight is 248 g/mol. The highest BCUT2D eigenvalue weighted by molar-refractivity contribution is 5.80. The number of nitrogens with zero attached hydrogens (tertiary/aromatic N) is 1. The van der Waals surface area contributed by atoms with Gasteiger partial charge >= 0.3 is 0 Å². The summed E-state index contributed by atoms with van der Waals surface area (Å²) < 4.78 is 10.3. The molecule has 18 heavy (non-hydrogen) atoms. The smallest absolute Gasteiger partial charge is 0.260 e. The Labute approximate surface area is 106 Å². The minimum Gasteiger partial charge on any atom is -0.481 e. The summed E-state index contributed by atoms with van der Waals surface area (Å²) in [6.07, 6.45) is -0.615. The molecule has 0 bridgehead atoms. The molecule has 0 aliphatic rings. The van der Waals surface area contributed by atoms with E-state index in [1.165, 1.54) is 0 Å². The van der Waals surface area contributed by atoms with Crippen molar-refractivity contribution in [2.45, 2.75) is 13.0 Å². The highest BCUT2D eigenvalue weighted by Crippen LogP contribution is 2.14. The van der Waals surface area contributed by atoms with Gasteiger partial charge in [-0.2, -0.15) is 5.26 Å². The zero-order valence-electron chi connectivity index (χ0n) is 10.5. The monoisotopic (exact) mass is 248 g/mol. The number of benzene rings is 1. The van der Waals surface area contributed by atoms with Gasteiger partial charge in [0.2, 0.25) is 0 Å². The SMILES string of the molecule is COCCNC(=O)C(C)Oc1cccc(C#N)c1. The molecule has 5 heteroatoms. The summed E-state index contributed by atoms with van der Waals surface area (Å²) in [5.74, 6) is 0.290. The number of carbonyl (C=O) groups is 1. The molecule has 0 heterocycles. The standard InChI is InChI=1S/C13H16N2O3/c1-10(13(16)15-6-7-17-2)18-12-5-3-4-11(8-12)9-14/h3-5,8,10H,6-7H2,1-2H3,(H,15,16). The van der Waals surface area contributed by atoms with Gasteiger partial charge in [0.1, 0.15) is 5.75 Å². The fourth-order valence-corrected chi connectivity index (χ4v) is 1.32. The van der Waals surface area contributed by atoms with Crippen molar-refractivity contribution in [1.82, 2.24) is 5.32 Å². The first-order valence-electron chi connectivity index (χ1n) is 5.61. The van der Waals surface area contributed by atoms with E-state index in [-0.39, 0.29) is 5.91 Å². The zero-order chi connectivity index (χ0) is 13.4. The van der Waals surface area contributed by atoms with E-state index in [0.29, 0.717) is 24.5 Å². The molecular formula is C13H16N2O3. The van der Waals surface area contributed by atoms with Crippen molar-refractivity contribution in [3.8, 4) is 11.8 Å². The fraction of sp³-hybridized carbons (Fsp3) is 0.385. The largest absolute Gasteiger partial charge is 0.481 e. The van der Waals surface area contributed by atoms with E-state index in [2.05, 4.69) is 5.32 Å². The number of rotatable bonds is 6. The highest BCUT2D eigenvalue weighted by Gasteiger charge is 2.13. The predicted octanol–water partition coefficient (Wildman–Crippen LogP) is 1.09. The molecule has 0 spiro atoms. The summed E-state index contributed by atoms with van der Waals surface area (Å²) >= 11 is 0. The van der Waals surface area contributed by atoms with Crippen molar-refractivity contribution in [2.75, 3.05) is 20.3 Å². The molecule has 1 aromatic rings. The van der Waals surface area contributed by atoms with E-state index in [1.54, 1.807) is 38.3 Å². The molecule has 0 aromatic heterocycles. The Morgan fingerprint density at radius 3 is 3.00 bits per heavy atom. The number of nitrogens with one attached hydrogen (secondary N) is 1. The molecule has 96 valence electrons. The molecule has 5 nitrogen and oxygen atoms in total. The lowest BCUT2D eigenvalue weighted by molar-refractivity contribution is -0.127. The molecule has 0 aliphatic carbocycles. The molecule has 0 saturated heterocycles. The van der Waals surface area contributed by atoms with Crippen LogP contribution in [0.3, 0.4) is 0 Å². The summed E-state index contributed by atoms with van der Waals surface area (Å²) in [4.78, 5) is 11.6. The maximum absolute atomic E-state index is 11.6. The van der Waals surface area contributed by atoms with Crippen molar-refractivity contribution >= 4 is 5.91 Å². The van der Waals surface area contributed by atoms with Crippen LogP contribution >= 0.6 is 0 Å². The lowest BCUT2D eigenvalue weighted by Crippen LogP contribution is -2.37. The Hall–Kier alpha value is -2.06. The first kappa shape index (κ1) is 14.0. The molecule has 1 aromatic carbocycles. The van der Waals surface area contributed by atoms with Gasteiger partial charge in [0.25, 0.3) is 5.91 Å². The molecule has 0 saturated carbocycles. The summed E-state index contributed by atoms with van der Waals surface area (Å²) in [6.45, 7) is 2.56. The first-order chi connectivity index (χ1) is 8.67. The normalized spacial score (nSPS) is 11.4. The summed E-state index contributed by atoms with van der Waals surface area (Å²) in [5, 5.41) is 11.4. The number of methoxy groups -OCH3 is 1. The van der Waals surface area contributed by atoms with Crippen LogP contribution in [-0.2, 0) is 9.53 Å². The Morgan fingerprint density at radius 1 is 1.56 bits per heavy atom. The van der Waals surface area contributed by atoms with Crippen molar-refractivity contribution in [3.05, 3.63) is 29.8 Å². The van der Waals surface area contributed by atoms with E-state index in [9.17, 15) is 4.79 Å². The van der Waals surface area contributed by atoms with Crippen LogP contribution in [0.15, 0.2) is 24.3 Å². The molecule has 0 radical (unpaired) electrons. The third kappa shape index (κ3) is 4.44. The third-order valence-electron chi connectivity index (χ3n) is 2.25. The average Bonchev–Trinajstić information content (AvgIpc) is 2.39. The van der Waals surface area contributed by atoms with Gasteiger partial charge in [-0.15, -0.1) is 0 Å². The first-order valence-corrected chi connectivity index (χ1v) is 5.61. The van der Waals surface area contributed by atoms with Crippen molar-refractivity contribution in [2.24, 2.45) is 0 Å². The second kappa shape index (κ2) is 7.30. The number of hydrogen-bond donors (Lipinski definition) is 1. The van der Waals surface area contributed by atoms with Crippen LogP contribution < -0.4 is 10.1 Å². The van der Waals surface area contributed by atoms with Gasteiger partial charge in [-0.1, -0.05) is 6.07 Å². The van der Waals surface area contributed by atoms with Crippen LogP contribution in [-0.4, -0.2) is 32.3 Å². The maximum atomic E-state index is 11.6. The quantitative estimate of drug-likeness (QED) is 0.765. The van der Waals surface area contributed by atoms with Gasteiger partial charge in [0.05, 0.1) is 18.2 Å². The predicted molar refractivity (Wildman–Crippen MR) is 66.1 cm³/mol. The molecule has 1 N–H and O–H groups in total. The van der Waals surface area contributed by atoms with Crippen LogP contribution in [0, 0.1) is 11.3 Å². The fourth-order valence-electron chi connectivity index (χ4n) is 1.32. The lowest BCUT2D eigenvalue weighted by Gasteiger charge is -2.14. The topological polar surface area (TPSA) is 71.3 Å². The molecular weight excluding hydrogens is 232 g/mol. The Balaban J connectivity index is 2.50. The van der Waals surface area contributed by atoms with Crippen molar-refractivity contribution in [3.63, 3.8) is 0 Å². The number of carbonyl (C=O) groups excluding carboxylic acids is 1. The second-order valence-corrected chi connectivity index (χ2v) is 3.68. The molecule has 1 unspecified atom stereocenters. The minimum atomic E-state index is -0.615. The lowest BCUT2D eigenvalue weighted by atomic mass is 10.2. The van der Waals surface area contributed by atoms with Gasteiger partial charge in [0, 0.05) is 13.7 Å². The van der Waals surface area contributed by atoms with E-state index in [4.69, 9.17) is 14.7 Å². The Bertz CT molecular complexity index is 440. The van der Waals surface area contributed by atoms with Crippen LogP contribution in [0.5, 0.6) is 5.75 Å². The van der Waals surface area contributed by atoms with Gasteiger partial charge in [0.15, 0.2) is 6.10 Å². The zero-order valence-corrected chi connectivity index (χ0v) is 10.5. The Morgan fingerprint density at radius 2 is 2.33 bits per heavy atom. The van der Waals surface area contributed by atoms with Gasteiger partial charge in [-0.25, -0.2) is 0 Å². The molecule has 1 rings (SSSR count). The summed E-state index contributed by atoms with van der Waals surface area (Å²) in [6, 6.07) is 8.71. The van der Waals surface area contributed by atoms with E-state index in [0.717, 1.165) is 0 Å². The second-order valence-electron chi connectivity index (χ2n) is 3.68. The molecule has 0 fully saturated rings. The highest BCUT2D eigenvalue weighted by atomic mass is 16.5. The van der Waals surface area contributed by atoms with Crippen LogP contribution in [0.25, 0.3) is 0 Å². The van der Waals surface area contributed by atoms with Crippen molar-refractivity contribution in [1.29, 1.82) is 5.26 Å². The summed E-state index contributed by atoms with van der Waals surface area (Å²) in [7, 11) is 1.57. The van der Waals surface area contributed by atoms with Crippen LogP contribution in [0.4, 0.5) is 0 Å². The molecule has 1 amide bonds. The van der Waals surface area contributed by atoms with E-state index < -0.39 is 6.10 Å². The molecule has 0 aliphatic heterocycles. The summed E-state index contributed by atoms with van der Waals surface area (Å²) in [5.41, 5.74) is 0.500. The number of hydrogen-bond acceptors (Lipinski definition) is 4. The number of amides is 1. The number of ether oxygens (including phenoxy) is 2. The van der Waals surface area contributed by atoms with Crippen LogP contribution in [0.1, 0.15) is 12.5 Å². The minimum absolute atomic E-state index is 0.214. The van der Waals surface area contributed by atoms with E-state index in [1.807, 2.05) is 6.07 Å². The van der Waals surface area contributed by atoms with Gasteiger partial charge < -0.3 is 14.8 Å². The van der Waals surface area contributed by atoms with E-state index >= 15 is 0 Å². The van der Waals surface area contributed by atoms with Gasteiger partial charge in [-0.3, -0.25) is 4.79 Å². The van der Waals surface area contributed by atoms with Gasteiger partial charge in [-0.05, 0) is 25.1 Å². The Kier molecular flexibility index (Phi) is 5.68.